The van der Waals surface area contributed by atoms with Crippen LogP contribution in [-0.4, -0.2) is 55.5 Å². The Morgan fingerprint density at radius 1 is 1.06 bits per heavy atom. The minimum atomic E-state index is -2.53. The van der Waals surface area contributed by atoms with Gasteiger partial charge in [0.05, 0.1) is 6.54 Å². The van der Waals surface area contributed by atoms with Gasteiger partial charge in [-0.15, -0.1) is 0 Å². The second-order valence-electron chi connectivity index (χ2n) is 7.64. The van der Waals surface area contributed by atoms with E-state index in [0.29, 0.717) is 12.3 Å². The van der Waals surface area contributed by atoms with Crippen molar-refractivity contribution in [1.82, 2.24) is 15.5 Å². The maximum absolute atomic E-state index is 12.3. The van der Waals surface area contributed by atoms with E-state index in [4.69, 9.17) is 4.74 Å². The van der Waals surface area contributed by atoms with Gasteiger partial charge in [0.15, 0.2) is 0 Å². The van der Waals surface area contributed by atoms with Crippen LogP contribution in [0.25, 0.3) is 0 Å². The number of nitrogens with zero attached hydrogens (tertiary/aromatic N) is 1. The molecule has 172 valence electrons. The van der Waals surface area contributed by atoms with Gasteiger partial charge >= 0.3 is 6.03 Å². The predicted octanol–water partition coefficient (Wildman–Crippen LogP) is 3.23. The van der Waals surface area contributed by atoms with Crippen molar-refractivity contribution in [3.63, 3.8) is 0 Å². The zero-order chi connectivity index (χ0) is 22.8. The van der Waals surface area contributed by atoms with E-state index in [9.17, 15) is 18.4 Å². The van der Waals surface area contributed by atoms with Crippen LogP contribution in [0.2, 0.25) is 0 Å². The molecule has 1 saturated heterocycles. The maximum atomic E-state index is 12.3. The maximum Gasteiger partial charge on any atom is 0.315 e. The van der Waals surface area contributed by atoms with E-state index < -0.39 is 13.0 Å². The number of halogens is 2. The van der Waals surface area contributed by atoms with Gasteiger partial charge in [-0.2, -0.15) is 0 Å². The highest BCUT2D eigenvalue weighted by Gasteiger charge is 2.22. The number of carbonyl (C=O) groups is 2. The summed E-state index contributed by atoms with van der Waals surface area (Å²) in [5, 5.41) is 8.60. The fourth-order valence-corrected chi connectivity index (χ4v) is 3.48. The molecule has 9 heteroatoms. The van der Waals surface area contributed by atoms with Crippen LogP contribution in [-0.2, 0) is 11.3 Å². The summed E-state index contributed by atoms with van der Waals surface area (Å²) in [4.78, 5) is 26.5. The first kappa shape index (κ1) is 23.5. The minimum Gasteiger partial charge on any atom is -0.488 e. The average Bonchev–Trinajstić information content (AvgIpc) is 2.78. The molecular formula is C23H28F2N4O3. The summed E-state index contributed by atoms with van der Waals surface area (Å²) in [5.41, 5.74) is 1.53. The number of nitrogens with one attached hydrogen (secondary N) is 3. The van der Waals surface area contributed by atoms with Gasteiger partial charge < -0.3 is 20.7 Å². The summed E-state index contributed by atoms with van der Waals surface area (Å²) in [5.74, 6) is 0.286. The minimum absolute atomic E-state index is 0.0316. The van der Waals surface area contributed by atoms with Crippen molar-refractivity contribution in [3.05, 3.63) is 60.2 Å². The summed E-state index contributed by atoms with van der Waals surface area (Å²) < 4.78 is 29.5. The third kappa shape index (κ3) is 8.14. The number of urea groups is 1. The van der Waals surface area contributed by atoms with E-state index in [2.05, 4.69) is 20.9 Å². The summed E-state index contributed by atoms with van der Waals surface area (Å²) in [6.07, 6.45) is -1.03. The van der Waals surface area contributed by atoms with Crippen LogP contribution in [0.5, 0.6) is 5.75 Å². The Balaban J connectivity index is 1.34. The van der Waals surface area contributed by atoms with Gasteiger partial charge in [0, 0.05) is 31.4 Å². The zero-order valence-electron chi connectivity index (χ0n) is 17.7. The molecule has 1 aliphatic heterocycles. The summed E-state index contributed by atoms with van der Waals surface area (Å²) >= 11 is 0. The lowest BCUT2D eigenvalue weighted by Crippen LogP contribution is -2.48. The van der Waals surface area contributed by atoms with E-state index in [1.807, 2.05) is 30.3 Å². The van der Waals surface area contributed by atoms with E-state index in [0.717, 1.165) is 37.2 Å². The first-order chi connectivity index (χ1) is 15.5. The molecule has 0 saturated carbocycles. The molecule has 0 radical (unpaired) electrons. The largest absolute Gasteiger partial charge is 0.488 e. The van der Waals surface area contributed by atoms with Crippen LogP contribution in [0, 0.1) is 0 Å². The Kier molecular flexibility index (Phi) is 8.79. The zero-order valence-corrected chi connectivity index (χ0v) is 17.7. The number of benzene rings is 2. The van der Waals surface area contributed by atoms with Gasteiger partial charge in [0.1, 0.15) is 12.4 Å². The number of rotatable bonds is 9. The van der Waals surface area contributed by atoms with E-state index >= 15 is 0 Å². The van der Waals surface area contributed by atoms with Crippen LogP contribution in [0.3, 0.4) is 0 Å². The first-order valence-electron chi connectivity index (χ1n) is 10.6. The fraction of sp³-hybridized carbons (Fsp3) is 0.391. The molecule has 2 aromatic carbocycles. The second-order valence-corrected chi connectivity index (χ2v) is 7.64. The molecule has 32 heavy (non-hydrogen) atoms. The number of amides is 3. The van der Waals surface area contributed by atoms with E-state index in [1.54, 1.807) is 24.3 Å². The molecule has 0 aliphatic carbocycles. The molecule has 1 aliphatic rings. The third-order valence-corrected chi connectivity index (χ3v) is 5.08. The second kappa shape index (κ2) is 12.0. The number of ether oxygens (including phenoxy) is 1. The normalized spacial score (nSPS) is 14.7. The third-order valence-electron chi connectivity index (χ3n) is 5.08. The molecule has 3 amide bonds. The number of hydrogen-bond donors (Lipinski definition) is 3. The van der Waals surface area contributed by atoms with Crippen LogP contribution in [0.4, 0.5) is 19.3 Å². The first-order valence-corrected chi connectivity index (χ1v) is 10.6. The number of alkyl halides is 2. The lowest BCUT2D eigenvalue weighted by Gasteiger charge is -2.31. The quantitative estimate of drug-likeness (QED) is 0.552. The molecule has 7 nitrogen and oxygen atoms in total. The molecular weight excluding hydrogens is 418 g/mol. The number of piperidine rings is 1. The van der Waals surface area contributed by atoms with Crippen LogP contribution >= 0.6 is 0 Å². The Morgan fingerprint density at radius 3 is 2.53 bits per heavy atom. The standard InChI is InChI=1S/C23H28F2N4O3/c24-21(25)16-32-20-8-4-5-17(13-20)14-26-23(31)28-19-9-11-29(12-10-19)15-22(30)27-18-6-2-1-3-7-18/h1-8,13,19,21H,9-12,14-16H2,(H,27,30)(H2,26,28,31). The van der Waals surface area contributed by atoms with Gasteiger partial charge in [0.2, 0.25) is 5.91 Å². The Morgan fingerprint density at radius 2 is 1.81 bits per heavy atom. The van der Waals surface area contributed by atoms with Crippen molar-refractivity contribution >= 4 is 17.6 Å². The Labute approximate surface area is 186 Å². The van der Waals surface area contributed by atoms with Crippen LogP contribution in [0.15, 0.2) is 54.6 Å². The van der Waals surface area contributed by atoms with E-state index in [1.165, 1.54) is 0 Å². The van der Waals surface area contributed by atoms with Gasteiger partial charge in [-0.3, -0.25) is 9.69 Å². The highest BCUT2D eigenvalue weighted by molar-refractivity contribution is 5.92. The fourth-order valence-electron chi connectivity index (χ4n) is 3.48. The van der Waals surface area contributed by atoms with Crippen molar-refractivity contribution in [3.8, 4) is 5.75 Å². The number of anilines is 1. The van der Waals surface area contributed by atoms with E-state index in [-0.39, 0.29) is 24.5 Å². The van der Waals surface area contributed by atoms with Crippen molar-refractivity contribution in [2.24, 2.45) is 0 Å². The predicted molar refractivity (Wildman–Crippen MR) is 118 cm³/mol. The average molecular weight is 446 g/mol. The highest BCUT2D eigenvalue weighted by atomic mass is 19.3. The van der Waals surface area contributed by atoms with Gasteiger partial charge in [-0.25, -0.2) is 13.6 Å². The van der Waals surface area contributed by atoms with Crippen LogP contribution in [0.1, 0.15) is 18.4 Å². The number of hydrogen-bond acceptors (Lipinski definition) is 4. The van der Waals surface area contributed by atoms with Gasteiger partial charge in [-0.05, 0) is 42.7 Å². The van der Waals surface area contributed by atoms with Crippen LogP contribution < -0.4 is 20.7 Å². The molecule has 3 N–H and O–H groups in total. The Hall–Kier alpha value is -3.20. The highest BCUT2D eigenvalue weighted by Crippen LogP contribution is 2.14. The van der Waals surface area contributed by atoms with Crippen molar-refractivity contribution < 1.29 is 23.1 Å². The molecule has 3 rings (SSSR count). The number of likely N-dealkylation sites (tertiary alicyclic amines) is 1. The lowest BCUT2D eigenvalue weighted by molar-refractivity contribution is -0.117. The smallest absolute Gasteiger partial charge is 0.315 e. The monoisotopic (exact) mass is 446 g/mol. The molecule has 0 aromatic heterocycles. The van der Waals surface area contributed by atoms with Gasteiger partial charge in [0.25, 0.3) is 6.43 Å². The molecule has 0 unspecified atom stereocenters. The molecule has 1 heterocycles. The summed E-state index contributed by atoms with van der Waals surface area (Å²) in [6, 6.07) is 15.8. The van der Waals surface area contributed by atoms with Crippen molar-refractivity contribution in [2.45, 2.75) is 31.9 Å². The number of para-hydroxylation sites is 1. The van der Waals surface area contributed by atoms with Crippen molar-refractivity contribution in [1.29, 1.82) is 0 Å². The molecule has 0 spiro atoms. The lowest BCUT2D eigenvalue weighted by atomic mass is 10.1. The Bertz CT molecular complexity index is 875. The summed E-state index contributed by atoms with van der Waals surface area (Å²) in [7, 11) is 0. The topological polar surface area (TPSA) is 82.7 Å². The number of carbonyl (C=O) groups excluding carboxylic acids is 2. The van der Waals surface area contributed by atoms with Crippen molar-refractivity contribution in [2.75, 3.05) is 31.6 Å². The van der Waals surface area contributed by atoms with Gasteiger partial charge in [-0.1, -0.05) is 30.3 Å². The molecule has 2 aromatic rings. The molecule has 1 fully saturated rings. The molecule has 0 atom stereocenters. The summed E-state index contributed by atoms with van der Waals surface area (Å²) in [6.45, 7) is 1.35. The molecule has 0 bridgehead atoms. The SMILES string of the molecule is O=C(CN1CCC(NC(=O)NCc2cccc(OCC(F)F)c2)CC1)Nc1ccccc1.